The summed E-state index contributed by atoms with van der Waals surface area (Å²) in [5, 5.41) is 0. The summed E-state index contributed by atoms with van der Waals surface area (Å²) in [4.78, 5) is 23.1. The zero-order chi connectivity index (χ0) is 11.7. The third-order valence-electron chi connectivity index (χ3n) is 2.60. The van der Waals surface area contributed by atoms with Gasteiger partial charge < -0.3 is 0 Å². The molecular formula is C12H10BrFO2. The summed E-state index contributed by atoms with van der Waals surface area (Å²) in [6, 6.07) is 4.23. The van der Waals surface area contributed by atoms with E-state index in [0.29, 0.717) is 4.47 Å². The van der Waals surface area contributed by atoms with Crippen molar-refractivity contribution in [2.24, 2.45) is 5.92 Å². The normalized spacial score (nSPS) is 14.9. The van der Waals surface area contributed by atoms with Crippen LogP contribution in [-0.4, -0.2) is 11.6 Å². The van der Waals surface area contributed by atoms with E-state index in [0.717, 1.165) is 12.8 Å². The van der Waals surface area contributed by atoms with Crippen molar-refractivity contribution in [2.75, 3.05) is 0 Å². The molecule has 1 aromatic rings. The van der Waals surface area contributed by atoms with Crippen LogP contribution in [0.2, 0.25) is 0 Å². The molecule has 0 heterocycles. The van der Waals surface area contributed by atoms with Crippen molar-refractivity contribution < 1.29 is 14.0 Å². The Morgan fingerprint density at radius 2 is 2.06 bits per heavy atom. The van der Waals surface area contributed by atoms with Gasteiger partial charge in [0.1, 0.15) is 11.6 Å². The van der Waals surface area contributed by atoms with E-state index in [9.17, 15) is 14.0 Å². The van der Waals surface area contributed by atoms with Crippen molar-refractivity contribution in [3.63, 3.8) is 0 Å². The molecule has 0 radical (unpaired) electrons. The van der Waals surface area contributed by atoms with Gasteiger partial charge in [0.05, 0.1) is 12.0 Å². The summed E-state index contributed by atoms with van der Waals surface area (Å²) >= 11 is 3.11. The van der Waals surface area contributed by atoms with Crippen LogP contribution in [0.1, 0.15) is 29.6 Å². The molecular weight excluding hydrogens is 275 g/mol. The van der Waals surface area contributed by atoms with Crippen LogP contribution in [-0.2, 0) is 4.79 Å². The van der Waals surface area contributed by atoms with Crippen molar-refractivity contribution in [2.45, 2.75) is 19.3 Å². The quantitative estimate of drug-likeness (QED) is 0.629. The van der Waals surface area contributed by atoms with E-state index >= 15 is 0 Å². The van der Waals surface area contributed by atoms with Gasteiger partial charge in [-0.05, 0) is 31.0 Å². The molecule has 84 valence electrons. The second kappa shape index (κ2) is 4.45. The third-order valence-corrected chi connectivity index (χ3v) is 3.09. The maximum Gasteiger partial charge on any atom is 0.173 e. The lowest BCUT2D eigenvalue weighted by molar-refractivity contribution is -0.119. The highest BCUT2D eigenvalue weighted by Crippen LogP contribution is 2.31. The molecule has 4 heteroatoms. The third kappa shape index (κ3) is 2.55. The van der Waals surface area contributed by atoms with Gasteiger partial charge in [0.15, 0.2) is 5.78 Å². The monoisotopic (exact) mass is 284 g/mol. The molecule has 0 spiro atoms. The second-order valence-corrected chi connectivity index (χ2v) is 4.88. The van der Waals surface area contributed by atoms with Gasteiger partial charge >= 0.3 is 0 Å². The molecule has 16 heavy (non-hydrogen) atoms. The molecule has 1 aliphatic rings. The molecule has 0 aromatic heterocycles. The minimum Gasteiger partial charge on any atom is -0.299 e. The summed E-state index contributed by atoms with van der Waals surface area (Å²) in [5.74, 6) is -1.03. The first kappa shape index (κ1) is 11.5. The van der Waals surface area contributed by atoms with Crippen LogP contribution in [0.15, 0.2) is 22.7 Å². The molecule has 0 atom stereocenters. The number of halogens is 2. The predicted octanol–water partition coefficient (Wildman–Crippen LogP) is 3.14. The summed E-state index contributed by atoms with van der Waals surface area (Å²) in [7, 11) is 0. The Balaban J connectivity index is 2.10. The lowest BCUT2D eigenvalue weighted by Gasteiger charge is -2.02. The van der Waals surface area contributed by atoms with Crippen LogP contribution >= 0.6 is 15.9 Å². The SMILES string of the molecule is O=C(CC(=O)C1CC1)c1ccc(Br)cc1F. The average Bonchev–Trinajstić information content (AvgIpc) is 2.99. The van der Waals surface area contributed by atoms with Crippen LogP contribution in [0.4, 0.5) is 4.39 Å². The number of rotatable bonds is 4. The van der Waals surface area contributed by atoms with Gasteiger partial charge in [0, 0.05) is 10.4 Å². The number of benzene rings is 1. The topological polar surface area (TPSA) is 34.1 Å². The second-order valence-electron chi connectivity index (χ2n) is 3.96. The molecule has 0 amide bonds. The number of Topliss-reactive ketones (excluding diaryl/α,β-unsaturated/α-hetero) is 2. The van der Waals surface area contributed by atoms with Gasteiger partial charge in [-0.15, -0.1) is 0 Å². The van der Waals surface area contributed by atoms with Crippen molar-refractivity contribution in [1.29, 1.82) is 0 Å². The lowest BCUT2D eigenvalue weighted by atomic mass is 10.0. The van der Waals surface area contributed by atoms with E-state index in [1.807, 2.05) is 0 Å². The van der Waals surface area contributed by atoms with Gasteiger partial charge in [-0.1, -0.05) is 15.9 Å². The summed E-state index contributed by atoms with van der Waals surface area (Å²) in [6.45, 7) is 0. The Bertz CT molecular complexity index is 452. The van der Waals surface area contributed by atoms with E-state index in [4.69, 9.17) is 0 Å². The molecule has 1 fully saturated rings. The summed E-state index contributed by atoms with van der Waals surface area (Å²) in [6.07, 6.45) is 1.56. The molecule has 1 aliphatic carbocycles. The number of carbonyl (C=O) groups excluding carboxylic acids is 2. The van der Waals surface area contributed by atoms with Crippen molar-refractivity contribution in [3.05, 3.63) is 34.1 Å². The molecule has 1 saturated carbocycles. The molecule has 2 nitrogen and oxygen atoms in total. The van der Waals surface area contributed by atoms with Gasteiger partial charge in [-0.25, -0.2) is 4.39 Å². The molecule has 1 aromatic carbocycles. The fourth-order valence-electron chi connectivity index (χ4n) is 1.52. The highest BCUT2D eigenvalue weighted by Gasteiger charge is 2.31. The fourth-order valence-corrected chi connectivity index (χ4v) is 1.85. The molecule has 0 N–H and O–H groups in total. The van der Waals surface area contributed by atoms with Crippen molar-refractivity contribution >= 4 is 27.5 Å². The highest BCUT2D eigenvalue weighted by atomic mass is 79.9. The molecule has 0 bridgehead atoms. The highest BCUT2D eigenvalue weighted by molar-refractivity contribution is 9.10. The van der Waals surface area contributed by atoms with E-state index < -0.39 is 11.6 Å². The Morgan fingerprint density at radius 3 is 2.62 bits per heavy atom. The maximum absolute atomic E-state index is 13.4. The number of hydrogen-bond acceptors (Lipinski definition) is 2. The zero-order valence-electron chi connectivity index (χ0n) is 8.50. The number of ketones is 2. The number of hydrogen-bond donors (Lipinski definition) is 0. The summed E-state index contributed by atoms with van der Waals surface area (Å²) in [5.41, 5.74) is -0.00259. The van der Waals surface area contributed by atoms with Crippen LogP contribution in [0.25, 0.3) is 0 Å². The Morgan fingerprint density at radius 1 is 1.38 bits per heavy atom. The molecule has 0 unspecified atom stereocenters. The fraction of sp³-hybridized carbons (Fsp3) is 0.333. The first-order chi connectivity index (χ1) is 7.58. The smallest absolute Gasteiger partial charge is 0.173 e. The van der Waals surface area contributed by atoms with E-state index in [2.05, 4.69) is 15.9 Å². The minimum absolute atomic E-state index is 0.00259. The molecule has 0 saturated heterocycles. The van der Waals surface area contributed by atoms with E-state index in [1.54, 1.807) is 6.07 Å². The minimum atomic E-state index is -0.581. The van der Waals surface area contributed by atoms with Crippen LogP contribution in [0, 0.1) is 11.7 Å². The van der Waals surface area contributed by atoms with Gasteiger partial charge in [0.25, 0.3) is 0 Å². The van der Waals surface area contributed by atoms with E-state index in [1.165, 1.54) is 12.1 Å². The van der Waals surface area contributed by atoms with E-state index in [-0.39, 0.29) is 23.7 Å². The predicted molar refractivity (Wildman–Crippen MR) is 60.8 cm³/mol. The van der Waals surface area contributed by atoms with Crippen LogP contribution in [0.5, 0.6) is 0 Å². The number of carbonyl (C=O) groups is 2. The first-order valence-corrected chi connectivity index (χ1v) is 5.88. The Kier molecular flexibility index (Phi) is 3.19. The van der Waals surface area contributed by atoms with Crippen LogP contribution in [0.3, 0.4) is 0 Å². The zero-order valence-corrected chi connectivity index (χ0v) is 10.1. The van der Waals surface area contributed by atoms with Gasteiger partial charge in [-0.3, -0.25) is 9.59 Å². The largest absolute Gasteiger partial charge is 0.299 e. The van der Waals surface area contributed by atoms with Crippen molar-refractivity contribution in [1.82, 2.24) is 0 Å². The lowest BCUT2D eigenvalue weighted by Crippen LogP contribution is -2.11. The van der Waals surface area contributed by atoms with Crippen LogP contribution < -0.4 is 0 Å². The Hall–Kier alpha value is -1.03. The molecule has 2 rings (SSSR count). The molecule has 0 aliphatic heterocycles. The maximum atomic E-state index is 13.4. The Labute approximate surface area is 101 Å². The van der Waals surface area contributed by atoms with Gasteiger partial charge in [0.2, 0.25) is 0 Å². The van der Waals surface area contributed by atoms with Crippen molar-refractivity contribution in [3.8, 4) is 0 Å². The summed E-state index contributed by atoms with van der Waals surface area (Å²) < 4.78 is 14.0. The van der Waals surface area contributed by atoms with Gasteiger partial charge in [-0.2, -0.15) is 0 Å². The first-order valence-electron chi connectivity index (χ1n) is 5.09. The standard InChI is InChI=1S/C12H10BrFO2/c13-8-3-4-9(10(14)5-8)12(16)6-11(15)7-1-2-7/h3-5,7H,1-2,6H2. The average molecular weight is 285 g/mol.